The zero-order valence-electron chi connectivity index (χ0n) is 14.8. The van der Waals surface area contributed by atoms with Crippen LogP contribution in [0.25, 0.3) is 0 Å². The molecule has 0 fully saturated rings. The van der Waals surface area contributed by atoms with Crippen molar-refractivity contribution in [1.29, 1.82) is 0 Å². The van der Waals surface area contributed by atoms with Crippen LogP contribution in [0.15, 0.2) is 58.5 Å². The number of thioether (sulfide) groups is 1. The minimum absolute atomic E-state index is 0.0351. The van der Waals surface area contributed by atoms with Gasteiger partial charge in [0.1, 0.15) is 11.1 Å². The standard InChI is InChI=1S/C18H16N4O5S/c1-2-27-18(24)11-3-5-12(6-4-11)21-17(23)15(16(19)20-21)28-14-9-7-13(8-10-14)22(25)26/h3-10,15H,2H2,1H3,(H2,19,20)/t15-/m0/s1. The number of hydrogen-bond acceptors (Lipinski definition) is 8. The summed E-state index contributed by atoms with van der Waals surface area (Å²) in [6.07, 6.45) is 0. The summed E-state index contributed by atoms with van der Waals surface area (Å²) in [5, 5.41) is 15.3. The van der Waals surface area contributed by atoms with Gasteiger partial charge in [-0.1, -0.05) is 0 Å². The second-order valence-electron chi connectivity index (χ2n) is 5.69. The number of nitrogens with zero attached hydrogens (tertiary/aromatic N) is 3. The summed E-state index contributed by atoms with van der Waals surface area (Å²) < 4.78 is 4.93. The van der Waals surface area contributed by atoms with Crippen molar-refractivity contribution in [1.82, 2.24) is 0 Å². The lowest BCUT2D eigenvalue weighted by atomic mass is 10.2. The molecule has 0 spiro atoms. The van der Waals surface area contributed by atoms with Gasteiger partial charge in [-0.3, -0.25) is 14.9 Å². The van der Waals surface area contributed by atoms with Gasteiger partial charge in [0.25, 0.3) is 11.6 Å². The van der Waals surface area contributed by atoms with Crippen molar-refractivity contribution in [2.45, 2.75) is 17.1 Å². The molecule has 0 saturated carbocycles. The van der Waals surface area contributed by atoms with Crippen LogP contribution < -0.4 is 10.7 Å². The highest BCUT2D eigenvalue weighted by Crippen LogP contribution is 2.31. The fourth-order valence-electron chi connectivity index (χ4n) is 2.49. The highest BCUT2D eigenvalue weighted by atomic mass is 32.2. The summed E-state index contributed by atoms with van der Waals surface area (Å²) in [5.41, 5.74) is 6.72. The number of esters is 1. The van der Waals surface area contributed by atoms with Crippen LogP contribution in [0.1, 0.15) is 17.3 Å². The van der Waals surface area contributed by atoms with Crippen LogP contribution in [0.2, 0.25) is 0 Å². The number of anilines is 1. The molecule has 1 heterocycles. The molecule has 2 aromatic rings. The number of benzene rings is 2. The lowest BCUT2D eigenvalue weighted by Gasteiger charge is -2.14. The first-order valence-corrected chi connectivity index (χ1v) is 9.15. The van der Waals surface area contributed by atoms with Gasteiger partial charge in [-0.05, 0) is 43.3 Å². The lowest BCUT2D eigenvalue weighted by Crippen LogP contribution is -2.32. The van der Waals surface area contributed by atoms with E-state index >= 15 is 0 Å². The molecule has 1 amide bonds. The van der Waals surface area contributed by atoms with Crippen molar-refractivity contribution in [3.63, 3.8) is 0 Å². The van der Waals surface area contributed by atoms with Gasteiger partial charge in [0.2, 0.25) is 0 Å². The Morgan fingerprint density at radius 1 is 1.25 bits per heavy atom. The van der Waals surface area contributed by atoms with Gasteiger partial charge < -0.3 is 10.5 Å². The van der Waals surface area contributed by atoms with Gasteiger partial charge in [-0.15, -0.1) is 11.8 Å². The van der Waals surface area contributed by atoms with E-state index in [1.54, 1.807) is 43.3 Å². The molecule has 0 aliphatic carbocycles. The predicted molar refractivity (Wildman–Crippen MR) is 104 cm³/mol. The van der Waals surface area contributed by atoms with E-state index in [1.165, 1.54) is 17.1 Å². The van der Waals surface area contributed by atoms with E-state index in [0.29, 0.717) is 16.1 Å². The Hall–Kier alpha value is -3.40. The Bertz CT molecular complexity index is 943. The van der Waals surface area contributed by atoms with Crippen LogP contribution in [-0.4, -0.2) is 34.5 Å². The molecule has 28 heavy (non-hydrogen) atoms. The molecule has 2 N–H and O–H groups in total. The van der Waals surface area contributed by atoms with Crippen LogP contribution >= 0.6 is 11.8 Å². The molecule has 0 radical (unpaired) electrons. The molecule has 10 heteroatoms. The fraction of sp³-hybridized carbons (Fsp3) is 0.167. The normalized spacial score (nSPS) is 16.0. The molecular weight excluding hydrogens is 384 g/mol. The van der Waals surface area contributed by atoms with E-state index in [0.717, 1.165) is 11.8 Å². The highest BCUT2D eigenvalue weighted by Gasteiger charge is 2.36. The number of ether oxygens (including phenoxy) is 1. The maximum Gasteiger partial charge on any atom is 0.338 e. The fourth-order valence-corrected chi connectivity index (χ4v) is 3.42. The van der Waals surface area contributed by atoms with E-state index in [1.807, 2.05) is 0 Å². The van der Waals surface area contributed by atoms with Crippen molar-refractivity contribution in [2.24, 2.45) is 10.8 Å². The molecule has 0 bridgehead atoms. The second kappa shape index (κ2) is 8.09. The number of nitro benzene ring substituents is 1. The van der Waals surface area contributed by atoms with E-state index in [-0.39, 0.29) is 24.0 Å². The second-order valence-corrected chi connectivity index (χ2v) is 6.87. The van der Waals surface area contributed by atoms with Crippen molar-refractivity contribution < 1.29 is 19.2 Å². The van der Waals surface area contributed by atoms with Crippen LogP contribution in [0.4, 0.5) is 11.4 Å². The van der Waals surface area contributed by atoms with Gasteiger partial charge in [-0.25, -0.2) is 4.79 Å². The third-order valence-electron chi connectivity index (χ3n) is 3.84. The molecule has 2 aromatic carbocycles. The molecule has 3 rings (SSSR count). The summed E-state index contributed by atoms with van der Waals surface area (Å²) in [6, 6.07) is 12.1. The Labute approximate surface area is 164 Å². The van der Waals surface area contributed by atoms with Crippen molar-refractivity contribution in [2.75, 3.05) is 11.6 Å². The average Bonchev–Trinajstić information content (AvgIpc) is 2.97. The van der Waals surface area contributed by atoms with Crippen molar-refractivity contribution >= 4 is 40.8 Å². The highest BCUT2D eigenvalue weighted by molar-refractivity contribution is 8.01. The number of non-ortho nitro benzene ring substituents is 1. The predicted octanol–water partition coefficient (Wildman–Crippen LogP) is 2.55. The zero-order valence-corrected chi connectivity index (χ0v) is 15.6. The third kappa shape index (κ3) is 3.96. The number of nitro groups is 1. The zero-order chi connectivity index (χ0) is 20.3. The van der Waals surface area contributed by atoms with E-state index in [9.17, 15) is 19.7 Å². The maximum atomic E-state index is 12.7. The van der Waals surface area contributed by atoms with Gasteiger partial charge in [0, 0.05) is 17.0 Å². The molecule has 1 atom stereocenters. The number of carbonyl (C=O) groups excluding carboxylic acids is 2. The number of hydrogen-bond donors (Lipinski definition) is 1. The Kier molecular flexibility index (Phi) is 5.59. The van der Waals surface area contributed by atoms with E-state index < -0.39 is 16.1 Å². The SMILES string of the molecule is CCOC(=O)c1ccc(N2N=C(N)[C@H](Sc3ccc([N+](=O)[O-])cc3)C2=O)cc1. The van der Waals surface area contributed by atoms with Crippen LogP contribution in [-0.2, 0) is 9.53 Å². The first kappa shape index (κ1) is 19.4. The number of rotatable bonds is 6. The minimum Gasteiger partial charge on any atom is -0.462 e. The molecule has 0 aromatic heterocycles. The largest absolute Gasteiger partial charge is 0.462 e. The average molecular weight is 400 g/mol. The Morgan fingerprint density at radius 3 is 2.46 bits per heavy atom. The van der Waals surface area contributed by atoms with Crippen LogP contribution in [0.5, 0.6) is 0 Å². The monoisotopic (exact) mass is 400 g/mol. The number of hydrazone groups is 1. The molecule has 1 aliphatic rings. The number of nitrogens with two attached hydrogens (primary N) is 1. The van der Waals surface area contributed by atoms with Crippen molar-refractivity contribution in [3.05, 3.63) is 64.2 Å². The maximum absolute atomic E-state index is 12.7. The molecule has 0 unspecified atom stereocenters. The molecule has 1 aliphatic heterocycles. The van der Waals surface area contributed by atoms with Crippen molar-refractivity contribution in [3.8, 4) is 0 Å². The molecule has 144 valence electrons. The Balaban J connectivity index is 1.73. The summed E-state index contributed by atoms with van der Waals surface area (Å²) in [5.74, 6) is -0.663. The van der Waals surface area contributed by atoms with E-state index in [4.69, 9.17) is 10.5 Å². The molecule has 9 nitrogen and oxygen atoms in total. The number of amidine groups is 1. The quantitative estimate of drug-likeness (QED) is 0.448. The number of amides is 1. The first-order valence-electron chi connectivity index (χ1n) is 8.27. The topological polar surface area (TPSA) is 128 Å². The van der Waals surface area contributed by atoms with Gasteiger partial charge >= 0.3 is 5.97 Å². The minimum atomic E-state index is -0.744. The number of carbonyl (C=O) groups is 2. The summed E-state index contributed by atoms with van der Waals surface area (Å²) in [7, 11) is 0. The van der Waals surface area contributed by atoms with Gasteiger partial charge in [0.15, 0.2) is 0 Å². The van der Waals surface area contributed by atoms with Crippen LogP contribution in [0.3, 0.4) is 0 Å². The Morgan fingerprint density at radius 2 is 1.89 bits per heavy atom. The van der Waals surface area contributed by atoms with Crippen LogP contribution in [0, 0.1) is 10.1 Å². The molecular formula is C18H16N4O5S. The third-order valence-corrected chi connectivity index (χ3v) is 5.06. The smallest absolute Gasteiger partial charge is 0.338 e. The van der Waals surface area contributed by atoms with Gasteiger partial charge in [0.05, 0.1) is 22.8 Å². The van der Waals surface area contributed by atoms with E-state index in [2.05, 4.69) is 5.10 Å². The summed E-state index contributed by atoms with van der Waals surface area (Å²) in [4.78, 5) is 35.3. The molecule has 0 saturated heterocycles. The summed E-state index contributed by atoms with van der Waals surface area (Å²) in [6.45, 7) is 1.99. The first-order chi connectivity index (χ1) is 13.4. The summed E-state index contributed by atoms with van der Waals surface area (Å²) >= 11 is 1.16. The van der Waals surface area contributed by atoms with Gasteiger partial charge in [-0.2, -0.15) is 10.1 Å². The lowest BCUT2D eigenvalue weighted by molar-refractivity contribution is -0.384.